The van der Waals surface area contributed by atoms with Crippen molar-refractivity contribution in [2.24, 2.45) is 5.73 Å². The van der Waals surface area contributed by atoms with Crippen LogP contribution in [0.3, 0.4) is 0 Å². The summed E-state index contributed by atoms with van der Waals surface area (Å²) in [5.74, 6) is 0. The average molecular weight is 125 g/mol. The molecule has 0 fully saturated rings. The Morgan fingerprint density at radius 1 is 1.56 bits per heavy atom. The number of hydrogen-bond donors (Lipinski definition) is 1. The van der Waals surface area contributed by atoms with Gasteiger partial charge in [-0.05, 0) is 33.1 Å². The quantitative estimate of drug-likeness (QED) is 0.532. The van der Waals surface area contributed by atoms with Crippen LogP contribution in [0.5, 0.6) is 0 Å². The van der Waals surface area contributed by atoms with Gasteiger partial charge >= 0.3 is 0 Å². The summed E-state index contributed by atoms with van der Waals surface area (Å²) >= 11 is 0. The molecule has 52 valence electrons. The summed E-state index contributed by atoms with van der Waals surface area (Å²) in [7, 11) is 0. The molecule has 0 spiro atoms. The predicted molar refractivity (Wildman–Crippen MR) is 40.2 cm³/mol. The van der Waals surface area contributed by atoms with Gasteiger partial charge in [-0.25, -0.2) is 0 Å². The lowest BCUT2D eigenvalue weighted by atomic mass is 9.95. The molecule has 0 aromatic rings. The molecule has 2 N–H and O–H groups in total. The van der Waals surface area contributed by atoms with E-state index in [1.807, 2.05) is 0 Å². The number of hydrogen-bond acceptors (Lipinski definition) is 1. The van der Waals surface area contributed by atoms with E-state index >= 15 is 0 Å². The molecule has 1 aliphatic rings. The summed E-state index contributed by atoms with van der Waals surface area (Å²) in [6, 6.07) is 0. The Balaban J connectivity index is 2.61. The van der Waals surface area contributed by atoms with E-state index in [1.165, 1.54) is 24.8 Å². The highest BCUT2D eigenvalue weighted by Crippen LogP contribution is 2.25. The first-order valence-electron chi connectivity index (χ1n) is 3.59. The summed E-state index contributed by atoms with van der Waals surface area (Å²) in [6.45, 7) is 4.15. The van der Waals surface area contributed by atoms with Crippen LogP contribution in [0.25, 0.3) is 0 Å². The van der Waals surface area contributed by atoms with Gasteiger partial charge < -0.3 is 5.73 Å². The summed E-state index contributed by atoms with van der Waals surface area (Å²) in [6.07, 6.45) is 6.02. The monoisotopic (exact) mass is 125 g/mol. The molecule has 0 aliphatic heterocycles. The zero-order valence-corrected chi connectivity index (χ0v) is 6.28. The summed E-state index contributed by atoms with van der Waals surface area (Å²) in [5.41, 5.74) is 7.25. The molecule has 0 atom stereocenters. The summed E-state index contributed by atoms with van der Waals surface area (Å²) < 4.78 is 0. The first kappa shape index (κ1) is 6.81. The van der Waals surface area contributed by atoms with Gasteiger partial charge in [-0.1, -0.05) is 11.6 Å². The van der Waals surface area contributed by atoms with E-state index in [9.17, 15) is 0 Å². The van der Waals surface area contributed by atoms with Crippen LogP contribution in [0, 0.1) is 0 Å². The van der Waals surface area contributed by atoms with Gasteiger partial charge in [0.1, 0.15) is 0 Å². The van der Waals surface area contributed by atoms with Crippen molar-refractivity contribution in [3.05, 3.63) is 11.6 Å². The van der Waals surface area contributed by atoms with Gasteiger partial charge in [-0.3, -0.25) is 0 Å². The zero-order chi connectivity index (χ0) is 6.91. The van der Waals surface area contributed by atoms with Gasteiger partial charge in [0.15, 0.2) is 0 Å². The largest absolute Gasteiger partial charge is 0.322 e. The van der Waals surface area contributed by atoms with E-state index in [-0.39, 0.29) is 5.54 Å². The Morgan fingerprint density at radius 3 is 2.44 bits per heavy atom. The van der Waals surface area contributed by atoms with Crippen LogP contribution < -0.4 is 5.73 Å². The maximum atomic E-state index is 5.87. The van der Waals surface area contributed by atoms with E-state index in [2.05, 4.69) is 19.9 Å². The molecular weight excluding hydrogens is 110 g/mol. The lowest BCUT2D eigenvalue weighted by Gasteiger charge is -2.19. The van der Waals surface area contributed by atoms with Crippen LogP contribution in [0.4, 0.5) is 0 Å². The lowest BCUT2D eigenvalue weighted by molar-refractivity contribution is 0.592. The molecule has 1 aliphatic carbocycles. The summed E-state index contributed by atoms with van der Waals surface area (Å²) in [4.78, 5) is 0. The van der Waals surface area contributed by atoms with Crippen molar-refractivity contribution < 1.29 is 0 Å². The molecule has 0 heterocycles. The second-order valence-corrected chi connectivity index (χ2v) is 3.34. The Labute approximate surface area is 56.9 Å². The Kier molecular flexibility index (Phi) is 1.62. The molecule has 9 heavy (non-hydrogen) atoms. The fourth-order valence-electron chi connectivity index (χ4n) is 1.26. The molecule has 0 saturated heterocycles. The minimum absolute atomic E-state index is 0.0590. The number of rotatable bonds is 1. The van der Waals surface area contributed by atoms with E-state index in [0.29, 0.717) is 0 Å². The first-order valence-corrected chi connectivity index (χ1v) is 3.59. The van der Waals surface area contributed by atoms with Gasteiger partial charge in [0, 0.05) is 5.54 Å². The van der Waals surface area contributed by atoms with Gasteiger partial charge in [-0.2, -0.15) is 0 Å². The molecule has 0 unspecified atom stereocenters. The minimum atomic E-state index is -0.0590. The average Bonchev–Trinajstić information content (AvgIpc) is 2.08. The molecule has 0 aromatic carbocycles. The van der Waals surface area contributed by atoms with Crippen LogP contribution in [-0.4, -0.2) is 5.54 Å². The standard InChI is InChI=1S/C8H15N/c1-8(2,9)7-5-3-4-6-7/h5H,3-4,6,9H2,1-2H3. The highest BCUT2D eigenvalue weighted by atomic mass is 14.7. The van der Waals surface area contributed by atoms with Crippen molar-refractivity contribution in [1.29, 1.82) is 0 Å². The maximum absolute atomic E-state index is 5.87. The topological polar surface area (TPSA) is 26.0 Å². The minimum Gasteiger partial charge on any atom is -0.322 e. The SMILES string of the molecule is CC(C)(N)C1=CCCC1. The second-order valence-electron chi connectivity index (χ2n) is 3.34. The predicted octanol–water partition coefficient (Wildman–Crippen LogP) is 1.83. The molecule has 0 amide bonds. The number of nitrogens with two attached hydrogens (primary N) is 1. The Hall–Kier alpha value is -0.300. The van der Waals surface area contributed by atoms with Crippen molar-refractivity contribution >= 4 is 0 Å². The van der Waals surface area contributed by atoms with Gasteiger partial charge in [0.2, 0.25) is 0 Å². The highest BCUT2D eigenvalue weighted by molar-refractivity contribution is 5.19. The smallest absolute Gasteiger partial charge is 0.0311 e. The van der Waals surface area contributed by atoms with Crippen molar-refractivity contribution in [3.63, 3.8) is 0 Å². The second kappa shape index (κ2) is 2.14. The van der Waals surface area contributed by atoms with Gasteiger partial charge in [-0.15, -0.1) is 0 Å². The molecule has 0 saturated carbocycles. The molecule has 0 radical (unpaired) electrons. The maximum Gasteiger partial charge on any atom is 0.0311 e. The highest BCUT2D eigenvalue weighted by Gasteiger charge is 2.18. The van der Waals surface area contributed by atoms with Crippen LogP contribution in [0.15, 0.2) is 11.6 Å². The van der Waals surface area contributed by atoms with Crippen LogP contribution in [0.2, 0.25) is 0 Å². The Morgan fingerprint density at radius 2 is 2.22 bits per heavy atom. The van der Waals surface area contributed by atoms with E-state index in [4.69, 9.17) is 5.73 Å². The fraction of sp³-hybridized carbons (Fsp3) is 0.750. The van der Waals surface area contributed by atoms with Gasteiger partial charge in [0.05, 0.1) is 0 Å². The normalized spacial score (nSPS) is 20.1. The molecule has 1 heteroatoms. The van der Waals surface area contributed by atoms with E-state index in [1.54, 1.807) is 0 Å². The molecular formula is C8H15N. The van der Waals surface area contributed by atoms with Crippen LogP contribution in [-0.2, 0) is 0 Å². The van der Waals surface area contributed by atoms with Crippen LogP contribution in [0.1, 0.15) is 33.1 Å². The van der Waals surface area contributed by atoms with Gasteiger partial charge in [0.25, 0.3) is 0 Å². The third-order valence-electron chi connectivity index (χ3n) is 1.87. The third kappa shape index (κ3) is 1.55. The molecule has 1 nitrogen and oxygen atoms in total. The van der Waals surface area contributed by atoms with E-state index < -0.39 is 0 Å². The van der Waals surface area contributed by atoms with E-state index in [0.717, 1.165) is 0 Å². The summed E-state index contributed by atoms with van der Waals surface area (Å²) in [5, 5.41) is 0. The Bertz CT molecular complexity index is 128. The van der Waals surface area contributed by atoms with Crippen molar-refractivity contribution in [2.45, 2.75) is 38.6 Å². The molecule has 0 aromatic heterocycles. The van der Waals surface area contributed by atoms with Crippen molar-refractivity contribution in [2.75, 3.05) is 0 Å². The molecule has 1 rings (SSSR count). The number of allylic oxidation sites excluding steroid dienone is 1. The van der Waals surface area contributed by atoms with Crippen LogP contribution >= 0.6 is 0 Å². The fourth-order valence-corrected chi connectivity index (χ4v) is 1.26. The third-order valence-corrected chi connectivity index (χ3v) is 1.87. The molecule has 0 bridgehead atoms. The van der Waals surface area contributed by atoms with Crippen molar-refractivity contribution in [1.82, 2.24) is 0 Å². The zero-order valence-electron chi connectivity index (χ0n) is 6.28. The van der Waals surface area contributed by atoms with Crippen molar-refractivity contribution in [3.8, 4) is 0 Å². The first-order chi connectivity index (χ1) is 4.11. The lowest BCUT2D eigenvalue weighted by Crippen LogP contribution is -2.33.